The van der Waals surface area contributed by atoms with E-state index in [-0.39, 0.29) is 24.1 Å². The molecule has 6 heteroatoms. The van der Waals surface area contributed by atoms with Gasteiger partial charge in [-0.05, 0) is 42.5 Å². The molecule has 0 bridgehead atoms. The van der Waals surface area contributed by atoms with Crippen molar-refractivity contribution in [1.82, 2.24) is 4.90 Å². The Morgan fingerprint density at radius 3 is 2.43 bits per heavy atom. The van der Waals surface area contributed by atoms with Crippen LogP contribution in [-0.2, 0) is 11.2 Å². The third-order valence-electron chi connectivity index (χ3n) is 5.36. The van der Waals surface area contributed by atoms with E-state index in [1.807, 2.05) is 17.0 Å². The number of hydrogen-bond acceptors (Lipinski definition) is 4. The summed E-state index contributed by atoms with van der Waals surface area (Å²) in [6.07, 6.45) is 0.990. The first-order valence-corrected chi connectivity index (χ1v) is 9.44. The molecule has 1 aliphatic rings. The summed E-state index contributed by atoms with van der Waals surface area (Å²) < 4.78 is 23.8. The lowest BCUT2D eigenvalue weighted by atomic mass is 9.81. The Morgan fingerprint density at radius 2 is 1.82 bits per heavy atom. The molecule has 0 radical (unpaired) electrons. The van der Waals surface area contributed by atoms with Crippen molar-refractivity contribution >= 4 is 5.91 Å². The highest BCUT2D eigenvalue weighted by Crippen LogP contribution is 2.40. The minimum Gasteiger partial charge on any atom is -0.493 e. The zero-order valence-corrected chi connectivity index (χ0v) is 16.2. The predicted molar refractivity (Wildman–Crippen MR) is 104 cm³/mol. The summed E-state index contributed by atoms with van der Waals surface area (Å²) in [6, 6.07) is 11.5. The van der Waals surface area contributed by atoms with Crippen molar-refractivity contribution < 1.29 is 23.8 Å². The van der Waals surface area contributed by atoms with Gasteiger partial charge in [-0.25, -0.2) is 4.39 Å². The van der Waals surface area contributed by atoms with E-state index in [4.69, 9.17) is 9.47 Å². The molecule has 1 unspecified atom stereocenters. The van der Waals surface area contributed by atoms with Crippen LogP contribution in [-0.4, -0.2) is 43.2 Å². The minimum atomic E-state index is -0.681. The van der Waals surface area contributed by atoms with Crippen LogP contribution in [0.25, 0.3) is 0 Å². The topological polar surface area (TPSA) is 59.0 Å². The van der Waals surface area contributed by atoms with Crippen LogP contribution >= 0.6 is 0 Å². The molecular formula is C22H26FNO4. The van der Waals surface area contributed by atoms with Crippen LogP contribution in [0.2, 0.25) is 0 Å². The summed E-state index contributed by atoms with van der Waals surface area (Å²) in [7, 11) is 3.13. The lowest BCUT2D eigenvalue weighted by Gasteiger charge is -2.35. The van der Waals surface area contributed by atoms with Gasteiger partial charge >= 0.3 is 0 Å². The van der Waals surface area contributed by atoms with Gasteiger partial charge in [0.15, 0.2) is 11.5 Å². The van der Waals surface area contributed by atoms with E-state index < -0.39 is 6.10 Å². The molecule has 1 aliphatic heterocycles. The first-order chi connectivity index (χ1) is 13.5. The predicted octanol–water partition coefficient (Wildman–Crippen LogP) is 3.36. The van der Waals surface area contributed by atoms with E-state index in [9.17, 15) is 14.3 Å². The Hall–Kier alpha value is -2.60. The zero-order valence-electron chi connectivity index (χ0n) is 16.2. The molecule has 0 spiro atoms. The zero-order chi connectivity index (χ0) is 20.1. The average Bonchev–Trinajstić information content (AvgIpc) is 2.74. The van der Waals surface area contributed by atoms with Gasteiger partial charge in [-0.3, -0.25) is 4.79 Å². The SMILES string of the molecule is COc1cccc(C(O)C2CCN([11C](=O)Cc3ccc(F)cc3)CC2)c1OC. The van der Waals surface area contributed by atoms with E-state index in [1.54, 1.807) is 32.4 Å². The van der Waals surface area contributed by atoms with Crippen molar-refractivity contribution in [2.75, 3.05) is 27.3 Å². The van der Waals surface area contributed by atoms with Crippen molar-refractivity contribution in [3.63, 3.8) is 0 Å². The van der Waals surface area contributed by atoms with Crippen LogP contribution < -0.4 is 9.47 Å². The van der Waals surface area contributed by atoms with Crippen LogP contribution in [0.3, 0.4) is 0 Å². The number of benzene rings is 2. The van der Waals surface area contributed by atoms with Gasteiger partial charge in [0.05, 0.1) is 26.7 Å². The number of hydrogen-bond donors (Lipinski definition) is 1. The van der Waals surface area contributed by atoms with Gasteiger partial charge in [-0.1, -0.05) is 24.3 Å². The number of para-hydroxylation sites is 1. The summed E-state index contributed by atoms with van der Waals surface area (Å²) in [5.74, 6) is 0.895. The molecule has 0 saturated carbocycles. The third kappa shape index (κ3) is 4.44. The maximum absolute atomic E-state index is 13.0. The Labute approximate surface area is 164 Å². The maximum Gasteiger partial charge on any atom is 0.226 e. The largest absolute Gasteiger partial charge is 0.493 e. The van der Waals surface area contributed by atoms with Gasteiger partial charge in [0.2, 0.25) is 5.91 Å². The van der Waals surface area contributed by atoms with E-state index in [0.29, 0.717) is 43.0 Å². The van der Waals surface area contributed by atoms with E-state index in [2.05, 4.69) is 0 Å². The molecule has 1 atom stereocenters. The summed E-state index contributed by atoms with van der Waals surface area (Å²) in [5.41, 5.74) is 1.51. The first kappa shape index (κ1) is 20.1. The number of methoxy groups -OCH3 is 2. The fourth-order valence-electron chi connectivity index (χ4n) is 3.75. The molecule has 2 aromatic rings. The average molecular weight is 386 g/mol. The first-order valence-electron chi connectivity index (χ1n) is 9.44. The maximum atomic E-state index is 13.0. The fraction of sp³-hybridized carbons (Fsp3) is 0.409. The number of rotatable bonds is 6. The Balaban J connectivity index is 1.60. The molecular weight excluding hydrogens is 360 g/mol. The van der Waals surface area contributed by atoms with Crippen LogP contribution in [0.5, 0.6) is 11.5 Å². The number of likely N-dealkylation sites (tertiary alicyclic amines) is 1. The number of nitrogens with zero attached hydrogens (tertiary/aromatic N) is 1. The van der Waals surface area contributed by atoms with E-state index >= 15 is 0 Å². The number of amides is 1. The number of ether oxygens (including phenoxy) is 2. The van der Waals surface area contributed by atoms with Crippen molar-refractivity contribution in [2.45, 2.75) is 25.4 Å². The Bertz CT molecular complexity index is 801. The molecule has 150 valence electrons. The van der Waals surface area contributed by atoms with Gasteiger partial charge < -0.3 is 19.5 Å². The standard InChI is InChI=1S/C22H26FNO4/c1-27-19-5-3-4-18(22(19)28-2)21(26)16-10-12-24(13-11-16)20(25)14-15-6-8-17(23)9-7-15/h3-9,16,21,26H,10-14H2,1-2H3/i20-1. The number of aliphatic hydroxyl groups excluding tert-OH is 1. The minimum absolute atomic E-state index is 0.0264. The van der Waals surface area contributed by atoms with Crippen molar-refractivity contribution in [2.24, 2.45) is 5.92 Å². The molecule has 2 aromatic carbocycles. The summed E-state index contributed by atoms with van der Waals surface area (Å²) in [6.45, 7) is 1.18. The van der Waals surface area contributed by atoms with Gasteiger partial charge in [0, 0.05) is 18.7 Å². The highest BCUT2D eigenvalue weighted by atomic mass is 19.1. The number of halogens is 1. The van der Waals surface area contributed by atoms with Crippen LogP contribution in [0.15, 0.2) is 42.5 Å². The third-order valence-corrected chi connectivity index (χ3v) is 5.36. The lowest BCUT2D eigenvalue weighted by Crippen LogP contribution is -2.40. The smallest absolute Gasteiger partial charge is 0.226 e. The lowest BCUT2D eigenvalue weighted by molar-refractivity contribution is -0.132. The van der Waals surface area contributed by atoms with Crippen molar-refractivity contribution in [3.8, 4) is 11.5 Å². The van der Waals surface area contributed by atoms with Gasteiger partial charge in [-0.2, -0.15) is 0 Å². The molecule has 1 fully saturated rings. The number of carbonyl (C=O) groups excluding carboxylic acids is 1. The number of aliphatic hydroxyl groups is 1. The molecule has 1 heterocycles. The van der Waals surface area contributed by atoms with E-state index in [1.165, 1.54) is 12.1 Å². The van der Waals surface area contributed by atoms with Gasteiger partial charge in [0.1, 0.15) is 5.82 Å². The van der Waals surface area contributed by atoms with Crippen LogP contribution in [0.4, 0.5) is 4.39 Å². The molecule has 1 N–H and O–H groups in total. The molecule has 0 aliphatic carbocycles. The van der Waals surface area contributed by atoms with E-state index in [0.717, 1.165) is 5.56 Å². The molecule has 5 nitrogen and oxygen atoms in total. The molecule has 3 rings (SSSR count). The second-order valence-corrected chi connectivity index (χ2v) is 7.05. The molecule has 28 heavy (non-hydrogen) atoms. The van der Waals surface area contributed by atoms with Gasteiger partial charge in [-0.15, -0.1) is 0 Å². The highest BCUT2D eigenvalue weighted by Gasteiger charge is 2.30. The Kier molecular flexibility index (Phi) is 6.52. The normalized spacial score (nSPS) is 15.9. The summed E-state index contributed by atoms with van der Waals surface area (Å²) in [5, 5.41) is 10.9. The summed E-state index contributed by atoms with van der Waals surface area (Å²) in [4.78, 5) is 14.3. The summed E-state index contributed by atoms with van der Waals surface area (Å²) >= 11 is 0. The molecule has 1 amide bonds. The van der Waals surface area contributed by atoms with Gasteiger partial charge in [0.25, 0.3) is 0 Å². The van der Waals surface area contributed by atoms with Crippen molar-refractivity contribution in [3.05, 3.63) is 59.4 Å². The van der Waals surface area contributed by atoms with Crippen LogP contribution in [0, 0.1) is 11.7 Å². The molecule has 1 saturated heterocycles. The second-order valence-electron chi connectivity index (χ2n) is 7.05. The monoisotopic (exact) mass is 386 g/mol. The van der Waals surface area contributed by atoms with Crippen molar-refractivity contribution in [1.29, 1.82) is 0 Å². The molecule has 0 aromatic heterocycles. The number of piperidine rings is 1. The Morgan fingerprint density at radius 1 is 1.14 bits per heavy atom. The fourth-order valence-corrected chi connectivity index (χ4v) is 3.75. The number of carbonyl (C=O) groups is 1. The quantitative estimate of drug-likeness (QED) is 0.827. The highest BCUT2D eigenvalue weighted by molar-refractivity contribution is 5.78. The second kappa shape index (κ2) is 9.06. The van der Waals surface area contributed by atoms with Crippen LogP contribution in [0.1, 0.15) is 30.1 Å².